The summed E-state index contributed by atoms with van der Waals surface area (Å²) in [6.07, 6.45) is 1.06. The lowest BCUT2D eigenvalue weighted by Crippen LogP contribution is -2.33. The van der Waals surface area contributed by atoms with E-state index in [0.29, 0.717) is 17.5 Å². The fourth-order valence-electron chi connectivity index (χ4n) is 2.83. The van der Waals surface area contributed by atoms with E-state index in [0.717, 1.165) is 12.0 Å². The van der Waals surface area contributed by atoms with Crippen molar-refractivity contribution >= 4 is 23.4 Å². The first kappa shape index (κ1) is 20.0. The number of carbonyl (C=O) groups is 2. The molecule has 2 aromatic carbocycles. The molecule has 0 heterocycles. The number of rotatable bonds is 8. The molecule has 4 nitrogen and oxygen atoms in total. The van der Waals surface area contributed by atoms with E-state index in [9.17, 15) is 9.59 Å². The molecule has 2 atom stereocenters. The number of nitrogens with one attached hydrogen (secondary N) is 2. The Kier molecular flexibility index (Phi) is 7.67. The van der Waals surface area contributed by atoms with Gasteiger partial charge in [-0.2, -0.15) is 0 Å². The van der Waals surface area contributed by atoms with Crippen molar-refractivity contribution in [2.75, 3.05) is 6.54 Å². The van der Waals surface area contributed by atoms with Crippen LogP contribution in [0.2, 0.25) is 5.02 Å². The van der Waals surface area contributed by atoms with Crippen LogP contribution in [0.15, 0.2) is 54.6 Å². The van der Waals surface area contributed by atoms with Gasteiger partial charge in [0.25, 0.3) is 0 Å². The van der Waals surface area contributed by atoms with E-state index < -0.39 is 0 Å². The molecular formula is C21H25ClN2O2. The zero-order valence-electron chi connectivity index (χ0n) is 15.2. The SMILES string of the molecule is CC(=O)NC(CC(=O)NCCC(C)c1ccccc1)c1ccc(Cl)cc1. The molecule has 0 radical (unpaired) electrons. The second-order valence-corrected chi connectivity index (χ2v) is 6.90. The van der Waals surface area contributed by atoms with E-state index >= 15 is 0 Å². The number of halogens is 1. The monoisotopic (exact) mass is 372 g/mol. The first-order chi connectivity index (χ1) is 12.5. The van der Waals surface area contributed by atoms with Crippen molar-refractivity contribution in [2.24, 2.45) is 0 Å². The summed E-state index contributed by atoms with van der Waals surface area (Å²) < 4.78 is 0. The predicted molar refractivity (Wildman–Crippen MR) is 105 cm³/mol. The molecular weight excluding hydrogens is 348 g/mol. The lowest BCUT2D eigenvalue weighted by atomic mass is 9.98. The highest BCUT2D eigenvalue weighted by molar-refractivity contribution is 6.30. The minimum absolute atomic E-state index is 0.0843. The van der Waals surface area contributed by atoms with Gasteiger partial charge in [-0.3, -0.25) is 9.59 Å². The Morgan fingerprint density at radius 3 is 2.27 bits per heavy atom. The molecule has 0 aromatic heterocycles. The zero-order chi connectivity index (χ0) is 18.9. The largest absolute Gasteiger partial charge is 0.356 e. The van der Waals surface area contributed by atoms with Gasteiger partial charge < -0.3 is 10.6 Å². The van der Waals surface area contributed by atoms with Crippen LogP contribution in [0.5, 0.6) is 0 Å². The Balaban J connectivity index is 1.86. The minimum atomic E-state index is -0.365. The van der Waals surface area contributed by atoms with Gasteiger partial charge >= 0.3 is 0 Å². The van der Waals surface area contributed by atoms with Crippen molar-refractivity contribution in [2.45, 2.75) is 38.6 Å². The second-order valence-electron chi connectivity index (χ2n) is 6.46. The Morgan fingerprint density at radius 2 is 1.65 bits per heavy atom. The maximum absolute atomic E-state index is 12.3. The van der Waals surface area contributed by atoms with Crippen LogP contribution < -0.4 is 10.6 Å². The average molecular weight is 373 g/mol. The first-order valence-corrected chi connectivity index (χ1v) is 9.17. The molecule has 138 valence electrons. The van der Waals surface area contributed by atoms with Crippen molar-refractivity contribution in [3.8, 4) is 0 Å². The summed E-state index contributed by atoms with van der Waals surface area (Å²) >= 11 is 5.91. The van der Waals surface area contributed by atoms with Gasteiger partial charge in [0.05, 0.1) is 12.5 Å². The summed E-state index contributed by atoms with van der Waals surface area (Å²) in [6.45, 7) is 4.19. The van der Waals surface area contributed by atoms with Crippen LogP contribution in [-0.4, -0.2) is 18.4 Å². The quantitative estimate of drug-likeness (QED) is 0.729. The van der Waals surface area contributed by atoms with Gasteiger partial charge in [0, 0.05) is 18.5 Å². The number of amides is 2. The molecule has 2 unspecified atom stereocenters. The number of carbonyl (C=O) groups excluding carboxylic acids is 2. The minimum Gasteiger partial charge on any atom is -0.356 e. The van der Waals surface area contributed by atoms with Gasteiger partial charge in [0.15, 0.2) is 0 Å². The molecule has 2 rings (SSSR count). The fraction of sp³-hybridized carbons (Fsp3) is 0.333. The molecule has 0 fully saturated rings. The third kappa shape index (κ3) is 6.52. The topological polar surface area (TPSA) is 58.2 Å². The number of hydrogen-bond acceptors (Lipinski definition) is 2. The van der Waals surface area contributed by atoms with E-state index in [4.69, 9.17) is 11.6 Å². The van der Waals surface area contributed by atoms with Gasteiger partial charge in [-0.25, -0.2) is 0 Å². The Morgan fingerprint density at radius 1 is 1.00 bits per heavy atom. The highest BCUT2D eigenvalue weighted by Crippen LogP contribution is 2.20. The summed E-state index contributed by atoms with van der Waals surface area (Å²) in [7, 11) is 0. The highest BCUT2D eigenvalue weighted by atomic mass is 35.5. The van der Waals surface area contributed by atoms with E-state index in [1.54, 1.807) is 12.1 Å². The van der Waals surface area contributed by atoms with E-state index in [1.807, 2.05) is 30.3 Å². The normalized spacial score (nSPS) is 12.9. The Hall–Kier alpha value is -2.33. The molecule has 0 saturated heterocycles. The predicted octanol–water partition coefficient (Wildman–Crippen LogP) is 4.22. The number of benzene rings is 2. The fourth-order valence-corrected chi connectivity index (χ4v) is 2.95. The van der Waals surface area contributed by atoms with Crippen LogP contribution in [0.25, 0.3) is 0 Å². The van der Waals surface area contributed by atoms with Crippen LogP contribution in [0.3, 0.4) is 0 Å². The van der Waals surface area contributed by atoms with Crippen LogP contribution in [0.4, 0.5) is 0 Å². The lowest BCUT2D eigenvalue weighted by molar-refractivity contribution is -0.122. The zero-order valence-corrected chi connectivity index (χ0v) is 15.9. The molecule has 5 heteroatoms. The molecule has 0 saturated carbocycles. The summed E-state index contributed by atoms with van der Waals surface area (Å²) in [6, 6.07) is 17.0. The average Bonchev–Trinajstić information content (AvgIpc) is 2.62. The van der Waals surface area contributed by atoms with E-state index in [-0.39, 0.29) is 24.3 Å². The smallest absolute Gasteiger partial charge is 0.222 e. The maximum Gasteiger partial charge on any atom is 0.222 e. The van der Waals surface area contributed by atoms with Crippen molar-refractivity contribution < 1.29 is 9.59 Å². The Labute approximate surface area is 159 Å². The maximum atomic E-state index is 12.3. The lowest BCUT2D eigenvalue weighted by Gasteiger charge is -2.19. The molecule has 2 aromatic rings. The van der Waals surface area contributed by atoms with Gasteiger partial charge in [-0.05, 0) is 35.6 Å². The van der Waals surface area contributed by atoms with Crippen molar-refractivity contribution in [3.05, 3.63) is 70.7 Å². The highest BCUT2D eigenvalue weighted by Gasteiger charge is 2.17. The van der Waals surface area contributed by atoms with E-state index in [1.165, 1.54) is 12.5 Å². The molecule has 2 amide bonds. The number of hydrogen-bond donors (Lipinski definition) is 2. The Bertz CT molecular complexity index is 717. The van der Waals surface area contributed by atoms with E-state index in [2.05, 4.69) is 29.7 Å². The van der Waals surface area contributed by atoms with Crippen LogP contribution in [-0.2, 0) is 9.59 Å². The van der Waals surface area contributed by atoms with Gasteiger partial charge in [-0.15, -0.1) is 0 Å². The van der Waals surface area contributed by atoms with Crippen LogP contribution in [0.1, 0.15) is 49.8 Å². The molecule has 0 aliphatic rings. The second kappa shape index (κ2) is 9.97. The molecule has 26 heavy (non-hydrogen) atoms. The first-order valence-electron chi connectivity index (χ1n) is 8.80. The standard InChI is InChI=1S/C21H25ClN2O2/c1-15(17-6-4-3-5-7-17)12-13-23-21(26)14-20(24-16(2)25)18-8-10-19(22)11-9-18/h3-11,15,20H,12-14H2,1-2H3,(H,23,26)(H,24,25). The van der Waals surface area contributed by atoms with Crippen LogP contribution in [0, 0.1) is 0 Å². The van der Waals surface area contributed by atoms with Crippen molar-refractivity contribution in [1.29, 1.82) is 0 Å². The third-order valence-corrected chi connectivity index (χ3v) is 4.56. The third-order valence-electron chi connectivity index (χ3n) is 4.31. The molecule has 2 N–H and O–H groups in total. The van der Waals surface area contributed by atoms with Gasteiger partial charge in [0.2, 0.25) is 11.8 Å². The van der Waals surface area contributed by atoms with Gasteiger partial charge in [0.1, 0.15) is 0 Å². The van der Waals surface area contributed by atoms with Crippen LogP contribution >= 0.6 is 11.6 Å². The molecule has 0 aliphatic heterocycles. The van der Waals surface area contributed by atoms with Crippen molar-refractivity contribution in [3.63, 3.8) is 0 Å². The molecule has 0 aliphatic carbocycles. The summed E-state index contributed by atoms with van der Waals surface area (Å²) in [5.74, 6) is 0.119. The van der Waals surface area contributed by atoms with Gasteiger partial charge in [-0.1, -0.05) is 61.0 Å². The van der Waals surface area contributed by atoms with Crippen molar-refractivity contribution in [1.82, 2.24) is 10.6 Å². The molecule has 0 spiro atoms. The summed E-state index contributed by atoms with van der Waals surface area (Å²) in [5.41, 5.74) is 2.12. The summed E-state index contributed by atoms with van der Waals surface area (Å²) in [5, 5.41) is 6.40. The summed E-state index contributed by atoms with van der Waals surface area (Å²) in [4.78, 5) is 23.8. The molecule has 0 bridgehead atoms.